The average molecular weight is 328 g/mol. The highest BCUT2D eigenvalue weighted by molar-refractivity contribution is 7.12. The van der Waals surface area contributed by atoms with Crippen molar-refractivity contribution in [2.24, 2.45) is 0 Å². The molecule has 1 aromatic carbocycles. The quantitative estimate of drug-likeness (QED) is 0.937. The average Bonchev–Trinajstić information content (AvgIpc) is 3.26. The Balaban J connectivity index is 1.67. The van der Waals surface area contributed by atoms with Gasteiger partial charge in [-0.25, -0.2) is 0 Å². The molecule has 1 fully saturated rings. The summed E-state index contributed by atoms with van der Waals surface area (Å²) in [6.45, 7) is 2.61. The van der Waals surface area contributed by atoms with E-state index < -0.39 is 0 Å². The Hall–Kier alpha value is -2.14. The molecular weight excluding hydrogens is 308 g/mol. The van der Waals surface area contributed by atoms with Crippen molar-refractivity contribution in [3.05, 3.63) is 58.3 Å². The molecule has 3 rings (SSSR count). The number of thiophene rings is 1. The molecule has 23 heavy (non-hydrogen) atoms. The molecule has 1 aromatic heterocycles. The molecule has 1 saturated heterocycles. The summed E-state index contributed by atoms with van der Waals surface area (Å²) in [7, 11) is 0. The second kappa shape index (κ2) is 6.96. The van der Waals surface area contributed by atoms with Crippen LogP contribution in [-0.4, -0.2) is 29.3 Å². The van der Waals surface area contributed by atoms with Crippen LogP contribution >= 0.6 is 11.3 Å². The zero-order valence-corrected chi connectivity index (χ0v) is 13.9. The molecule has 2 aromatic rings. The summed E-state index contributed by atoms with van der Waals surface area (Å²) in [5.41, 5.74) is 1.06. The highest BCUT2D eigenvalue weighted by Gasteiger charge is 2.35. The van der Waals surface area contributed by atoms with Crippen molar-refractivity contribution < 1.29 is 9.59 Å². The van der Waals surface area contributed by atoms with Gasteiger partial charge in [0.25, 0.3) is 5.91 Å². The summed E-state index contributed by atoms with van der Waals surface area (Å²) in [5, 5.41) is 4.92. The van der Waals surface area contributed by atoms with Crippen molar-refractivity contribution in [3.8, 4) is 0 Å². The minimum absolute atomic E-state index is 0.0370. The van der Waals surface area contributed by atoms with Crippen LogP contribution in [0.2, 0.25) is 0 Å². The van der Waals surface area contributed by atoms with Gasteiger partial charge in [-0.3, -0.25) is 9.59 Å². The number of rotatable bonds is 4. The van der Waals surface area contributed by atoms with E-state index in [0.29, 0.717) is 11.4 Å². The van der Waals surface area contributed by atoms with Gasteiger partial charge in [-0.15, -0.1) is 11.3 Å². The van der Waals surface area contributed by atoms with Crippen molar-refractivity contribution in [1.29, 1.82) is 0 Å². The Morgan fingerprint density at radius 2 is 2.00 bits per heavy atom. The van der Waals surface area contributed by atoms with Crippen LogP contribution in [0.4, 0.5) is 0 Å². The lowest BCUT2D eigenvalue weighted by Gasteiger charge is -2.25. The highest BCUT2D eigenvalue weighted by Crippen LogP contribution is 2.23. The van der Waals surface area contributed by atoms with E-state index in [0.717, 1.165) is 18.4 Å². The number of carbonyl (C=O) groups is 2. The molecule has 2 amide bonds. The molecule has 0 bridgehead atoms. The second-order valence-electron chi connectivity index (χ2n) is 5.77. The minimum Gasteiger partial charge on any atom is -0.348 e. The van der Waals surface area contributed by atoms with Gasteiger partial charge in [0.2, 0.25) is 5.91 Å². The SMILES string of the molecule is C[C@@H](NC(=O)[C@H]1CCCN1C(=O)c1cccs1)c1ccccc1. The van der Waals surface area contributed by atoms with E-state index in [2.05, 4.69) is 5.32 Å². The van der Waals surface area contributed by atoms with Crippen LogP contribution in [0.25, 0.3) is 0 Å². The standard InChI is InChI=1S/C18H20N2O2S/c1-13(14-7-3-2-4-8-14)19-17(21)15-9-5-11-20(15)18(22)16-10-6-12-23-16/h2-4,6-8,10,12-13,15H,5,9,11H2,1H3,(H,19,21)/t13-,15-/m1/s1. The van der Waals surface area contributed by atoms with Crippen LogP contribution in [0.1, 0.15) is 41.0 Å². The van der Waals surface area contributed by atoms with Crippen LogP contribution in [0.15, 0.2) is 47.8 Å². The van der Waals surface area contributed by atoms with E-state index in [-0.39, 0.29) is 23.9 Å². The molecule has 2 heterocycles. The highest BCUT2D eigenvalue weighted by atomic mass is 32.1. The van der Waals surface area contributed by atoms with E-state index in [1.807, 2.05) is 54.8 Å². The van der Waals surface area contributed by atoms with E-state index in [4.69, 9.17) is 0 Å². The third-order valence-electron chi connectivity index (χ3n) is 4.21. The second-order valence-corrected chi connectivity index (χ2v) is 6.72. The molecule has 4 nitrogen and oxygen atoms in total. The summed E-state index contributed by atoms with van der Waals surface area (Å²) in [6, 6.07) is 13.1. The fraction of sp³-hybridized carbons (Fsp3) is 0.333. The summed E-state index contributed by atoms with van der Waals surface area (Å²) in [5.74, 6) is -0.103. The Kier molecular flexibility index (Phi) is 4.76. The fourth-order valence-corrected chi connectivity index (χ4v) is 3.64. The van der Waals surface area contributed by atoms with Crippen molar-refractivity contribution in [2.45, 2.75) is 31.8 Å². The number of benzene rings is 1. The predicted octanol–water partition coefficient (Wildman–Crippen LogP) is 3.23. The molecule has 120 valence electrons. The summed E-state index contributed by atoms with van der Waals surface area (Å²) >= 11 is 1.42. The number of likely N-dealkylation sites (tertiary alicyclic amines) is 1. The molecular formula is C18H20N2O2S. The molecule has 1 N–H and O–H groups in total. The van der Waals surface area contributed by atoms with Gasteiger partial charge < -0.3 is 10.2 Å². The Bertz CT molecular complexity index is 670. The maximum absolute atomic E-state index is 12.6. The third-order valence-corrected chi connectivity index (χ3v) is 5.06. The number of hydrogen-bond donors (Lipinski definition) is 1. The van der Waals surface area contributed by atoms with Gasteiger partial charge in [-0.1, -0.05) is 36.4 Å². The van der Waals surface area contributed by atoms with Gasteiger partial charge in [0.05, 0.1) is 10.9 Å². The minimum atomic E-state index is -0.365. The lowest BCUT2D eigenvalue weighted by molar-refractivity contribution is -0.125. The molecule has 0 radical (unpaired) electrons. The molecule has 0 saturated carbocycles. The van der Waals surface area contributed by atoms with Crippen LogP contribution in [0.5, 0.6) is 0 Å². The first-order valence-corrected chi connectivity index (χ1v) is 8.74. The van der Waals surface area contributed by atoms with Gasteiger partial charge in [-0.05, 0) is 36.8 Å². The third kappa shape index (κ3) is 3.45. The Morgan fingerprint density at radius 3 is 2.70 bits per heavy atom. The summed E-state index contributed by atoms with van der Waals surface area (Å²) in [4.78, 5) is 27.5. The van der Waals surface area contributed by atoms with Crippen molar-refractivity contribution in [1.82, 2.24) is 10.2 Å². The number of carbonyl (C=O) groups excluding carboxylic acids is 2. The van der Waals surface area contributed by atoms with Gasteiger partial charge in [0.15, 0.2) is 0 Å². The van der Waals surface area contributed by atoms with E-state index >= 15 is 0 Å². The summed E-state index contributed by atoms with van der Waals surface area (Å²) < 4.78 is 0. The topological polar surface area (TPSA) is 49.4 Å². The molecule has 0 spiro atoms. The molecule has 2 atom stereocenters. The molecule has 1 aliphatic rings. The molecule has 0 aliphatic carbocycles. The first kappa shape index (κ1) is 15.7. The Labute approximate surface area is 140 Å². The van der Waals surface area contributed by atoms with Crippen LogP contribution < -0.4 is 5.32 Å². The first-order valence-electron chi connectivity index (χ1n) is 7.86. The van der Waals surface area contributed by atoms with Crippen LogP contribution in [0, 0.1) is 0 Å². The molecule has 5 heteroatoms. The van der Waals surface area contributed by atoms with E-state index in [1.54, 1.807) is 4.90 Å². The van der Waals surface area contributed by atoms with Crippen molar-refractivity contribution in [3.63, 3.8) is 0 Å². The predicted molar refractivity (Wildman–Crippen MR) is 91.4 cm³/mol. The van der Waals surface area contributed by atoms with E-state index in [9.17, 15) is 9.59 Å². The monoisotopic (exact) mass is 328 g/mol. The molecule has 1 aliphatic heterocycles. The number of nitrogens with one attached hydrogen (secondary N) is 1. The zero-order chi connectivity index (χ0) is 16.2. The van der Waals surface area contributed by atoms with Gasteiger partial charge in [0, 0.05) is 6.54 Å². The van der Waals surface area contributed by atoms with Gasteiger partial charge in [-0.2, -0.15) is 0 Å². The Morgan fingerprint density at radius 1 is 1.22 bits per heavy atom. The van der Waals surface area contributed by atoms with E-state index in [1.165, 1.54) is 11.3 Å². The largest absolute Gasteiger partial charge is 0.348 e. The summed E-state index contributed by atoms with van der Waals surface area (Å²) in [6.07, 6.45) is 1.60. The number of amides is 2. The van der Waals surface area contributed by atoms with Crippen LogP contribution in [0.3, 0.4) is 0 Å². The lowest BCUT2D eigenvalue weighted by atomic mass is 10.1. The fourth-order valence-electron chi connectivity index (χ4n) is 2.96. The smallest absolute Gasteiger partial charge is 0.264 e. The zero-order valence-electron chi connectivity index (χ0n) is 13.1. The normalized spacial score (nSPS) is 18.7. The number of nitrogens with zero attached hydrogens (tertiary/aromatic N) is 1. The van der Waals surface area contributed by atoms with Crippen molar-refractivity contribution in [2.75, 3.05) is 6.54 Å². The molecule has 0 unspecified atom stereocenters. The van der Waals surface area contributed by atoms with Gasteiger partial charge in [0.1, 0.15) is 6.04 Å². The number of hydrogen-bond acceptors (Lipinski definition) is 3. The van der Waals surface area contributed by atoms with Gasteiger partial charge >= 0.3 is 0 Å². The van der Waals surface area contributed by atoms with Crippen LogP contribution in [-0.2, 0) is 4.79 Å². The van der Waals surface area contributed by atoms with Crippen molar-refractivity contribution >= 4 is 23.2 Å². The maximum Gasteiger partial charge on any atom is 0.264 e. The maximum atomic E-state index is 12.6. The lowest BCUT2D eigenvalue weighted by Crippen LogP contribution is -2.46. The first-order chi connectivity index (χ1) is 11.2.